The lowest BCUT2D eigenvalue weighted by atomic mass is 9.87. The Hall–Kier alpha value is -2.75. The second-order valence-electron chi connectivity index (χ2n) is 5.58. The van der Waals surface area contributed by atoms with Crippen LogP contribution in [0.3, 0.4) is 0 Å². The van der Waals surface area contributed by atoms with Crippen LogP contribution in [-0.4, -0.2) is 17.8 Å². The van der Waals surface area contributed by atoms with Crippen molar-refractivity contribution in [3.05, 3.63) is 71.9 Å². The Morgan fingerprint density at radius 3 is 2.64 bits per heavy atom. The first-order valence-electron chi connectivity index (χ1n) is 7.26. The van der Waals surface area contributed by atoms with Gasteiger partial charge in [-0.1, -0.05) is 48.5 Å². The molecule has 1 aliphatic heterocycles. The van der Waals surface area contributed by atoms with Gasteiger partial charge >= 0.3 is 5.97 Å². The highest BCUT2D eigenvalue weighted by Gasteiger charge is 2.47. The maximum atomic E-state index is 12.5. The van der Waals surface area contributed by atoms with Crippen LogP contribution in [0, 0.1) is 0 Å². The molecule has 1 atom stereocenters. The molecule has 4 rings (SSSR count). The van der Waals surface area contributed by atoms with Crippen molar-refractivity contribution in [2.24, 2.45) is 0 Å². The van der Waals surface area contributed by atoms with Crippen LogP contribution in [0.15, 0.2) is 60.7 Å². The molecule has 1 aliphatic rings. The van der Waals surface area contributed by atoms with E-state index >= 15 is 0 Å². The third-order valence-electron chi connectivity index (χ3n) is 4.34. The molecule has 0 aliphatic carbocycles. The number of carbonyl (C=O) groups is 1. The first-order chi connectivity index (χ1) is 10.7. The molecule has 2 heterocycles. The smallest absolute Gasteiger partial charge is 0.338 e. The number of nitrogens with one attached hydrogen (secondary N) is 1. The maximum Gasteiger partial charge on any atom is 0.338 e. The summed E-state index contributed by atoms with van der Waals surface area (Å²) in [6.07, 6.45) is 0.568. The van der Waals surface area contributed by atoms with E-state index in [1.54, 1.807) is 0 Å². The van der Waals surface area contributed by atoms with E-state index in [4.69, 9.17) is 4.74 Å². The molecule has 4 nitrogen and oxygen atoms in total. The van der Waals surface area contributed by atoms with Crippen molar-refractivity contribution in [1.29, 1.82) is 0 Å². The van der Waals surface area contributed by atoms with Crippen molar-refractivity contribution in [2.75, 3.05) is 12.5 Å². The van der Waals surface area contributed by atoms with E-state index in [0.29, 0.717) is 6.42 Å². The van der Waals surface area contributed by atoms with Crippen molar-refractivity contribution in [1.82, 2.24) is 4.68 Å². The minimum atomic E-state index is -0.866. The topological polar surface area (TPSA) is 43.3 Å². The van der Waals surface area contributed by atoms with Gasteiger partial charge in [0, 0.05) is 17.5 Å². The summed E-state index contributed by atoms with van der Waals surface area (Å²) in [6.45, 7) is 0. The fraction of sp³-hybridized carbons (Fsp3) is 0.167. The van der Waals surface area contributed by atoms with Crippen LogP contribution in [0.25, 0.3) is 10.9 Å². The second-order valence-corrected chi connectivity index (χ2v) is 5.58. The molecule has 0 fully saturated rings. The number of aromatic nitrogens is 1. The molecule has 3 aromatic rings. The summed E-state index contributed by atoms with van der Waals surface area (Å²) >= 11 is 0. The molecule has 0 saturated heterocycles. The van der Waals surface area contributed by atoms with Crippen molar-refractivity contribution in [3.8, 4) is 0 Å². The largest absolute Gasteiger partial charge is 0.467 e. The fourth-order valence-electron chi connectivity index (χ4n) is 3.28. The van der Waals surface area contributed by atoms with Gasteiger partial charge in [0.1, 0.15) is 0 Å². The Kier molecular flexibility index (Phi) is 2.73. The summed E-state index contributed by atoms with van der Waals surface area (Å²) < 4.78 is 7.09. The van der Waals surface area contributed by atoms with E-state index in [0.717, 1.165) is 22.2 Å². The van der Waals surface area contributed by atoms with Gasteiger partial charge in [-0.15, -0.1) is 0 Å². The normalized spacial score (nSPS) is 19.7. The van der Waals surface area contributed by atoms with Gasteiger partial charge in [0.2, 0.25) is 0 Å². The van der Waals surface area contributed by atoms with Crippen molar-refractivity contribution in [2.45, 2.75) is 12.0 Å². The lowest BCUT2D eigenvalue weighted by Crippen LogP contribution is -2.45. The van der Waals surface area contributed by atoms with E-state index in [9.17, 15) is 4.79 Å². The average Bonchev–Trinajstić information content (AvgIpc) is 3.10. The number of ether oxygens (including phenoxy) is 1. The number of hydrogen-bond acceptors (Lipinski definition) is 3. The van der Waals surface area contributed by atoms with Gasteiger partial charge in [-0.25, -0.2) is 4.79 Å². The average molecular weight is 292 g/mol. The first-order valence-corrected chi connectivity index (χ1v) is 7.26. The van der Waals surface area contributed by atoms with E-state index in [1.165, 1.54) is 7.11 Å². The Morgan fingerprint density at radius 2 is 1.86 bits per heavy atom. The quantitative estimate of drug-likeness (QED) is 0.739. The predicted molar refractivity (Wildman–Crippen MR) is 85.1 cm³/mol. The number of esters is 1. The molecule has 1 unspecified atom stereocenters. The number of fused-ring (bicyclic) bond motifs is 3. The Bertz CT molecular complexity index is 854. The van der Waals surface area contributed by atoms with Gasteiger partial charge in [-0.05, 0) is 17.7 Å². The third-order valence-corrected chi connectivity index (χ3v) is 4.34. The highest BCUT2D eigenvalue weighted by molar-refractivity contribution is 5.89. The third kappa shape index (κ3) is 1.67. The summed E-state index contributed by atoms with van der Waals surface area (Å²) in [5, 5.41) is 1.16. The molecule has 110 valence electrons. The maximum absolute atomic E-state index is 12.5. The minimum absolute atomic E-state index is 0.272. The van der Waals surface area contributed by atoms with E-state index in [-0.39, 0.29) is 5.97 Å². The summed E-state index contributed by atoms with van der Waals surface area (Å²) in [5.41, 5.74) is 5.57. The van der Waals surface area contributed by atoms with Crippen LogP contribution in [0.4, 0.5) is 0 Å². The van der Waals surface area contributed by atoms with Crippen molar-refractivity contribution in [3.63, 3.8) is 0 Å². The molecule has 0 bridgehead atoms. The minimum Gasteiger partial charge on any atom is -0.467 e. The summed E-state index contributed by atoms with van der Waals surface area (Å²) in [7, 11) is 1.43. The molecule has 4 heteroatoms. The van der Waals surface area contributed by atoms with Crippen LogP contribution in [0.5, 0.6) is 0 Å². The van der Waals surface area contributed by atoms with Gasteiger partial charge in [-0.3, -0.25) is 4.68 Å². The predicted octanol–water partition coefficient (Wildman–Crippen LogP) is 2.81. The van der Waals surface area contributed by atoms with Gasteiger partial charge in [0.25, 0.3) is 0 Å². The second kappa shape index (κ2) is 4.63. The molecule has 0 saturated carbocycles. The number of para-hydroxylation sites is 1. The Labute approximate surface area is 128 Å². The van der Waals surface area contributed by atoms with Gasteiger partial charge in [0.05, 0.1) is 12.6 Å². The van der Waals surface area contributed by atoms with E-state index in [1.807, 2.05) is 53.2 Å². The van der Waals surface area contributed by atoms with E-state index in [2.05, 4.69) is 17.6 Å². The van der Waals surface area contributed by atoms with Gasteiger partial charge < -0.3 is 10.2 Å². The van der Waals surface area contributed by atoms with Crippen molar-refractivity contribution >= 4 is 16.9 Å². The lowest BCUT2D eigenvalue weighted by Gasteiger charge is -2.27. The zero-order valence-corrected chi connectivity index (χ0v) is 12.2. The highest BCUT2D eigenvalue weighted by atomic mass is 16.5. The van der Waals surface area contributed by atoms with E-state index < -0.39 is 5.54 Å². The number of benzene rings is 2. The fourth-order valence-corrected chi connectivity index (χ4v) is 3.28. The summed E-state index contributed by atoms with van der Waals surface area (Å²) in [4.78, 5) is 12.5. The zero-order valence-electron chi connectivity index (χ0n) is 12.2. The zero-order chi connectivity index (χ0) is 15.2. The first kappa shape index (κ1) is 13.0. The number of hydrogen-bond donors (Lipinski definition) is 1. The molecule has 0 amide bonds. The number of nitrogens with zero attached hydrogens (tertiary/aromatic N) is 1. The summed E-state index contributed by atoms with van der Waals surface area (Å²) in [5.74, 6) is -0.272. The molecule has 0 spiro atoms. The molecule has 1 N–H and O–H groups in total. The van der Waals surface area contributed by atoms with Gasteiger partial charge in [0.15, 0.2) is 5.54 Å². The van der Waals surface area contributed by atoms with Crippen molar-refractivity contribution < 1.29 is 9.53 Å². The molecular weight excluding hydrogens is 276 g/mol. The van der Waals surface area contributed by atoms with Crippen LogP contribution < -0.4 is 5.43 Å². The van der Waals surface area contributed by atoms with Crippen LogP contribution in [0.2, 0.25) is 0 Å². The van der Waals surface area contributed by atoms with Crippen LogP contribution in [0.1, 0.15) is 11.3 Å². The molecule has 0 radical (unpaired) electrons. The van der Waals surface area contributed by atoms with Crippen LogP contribution >= 0.6 is 0 Å². The number of methoxy groups -OCH3 is 1. The van der Waals surface area contributed by atoms with Crippen LogP contribution in [-0.2, 0) is 21.5 Å². The highest BCUT2D eigenvalue weighted by Crippen LogP contribution is 2.36. The SMILES string of the molecule is COC(=O)C1(c2ccccc2)Cc2cc3ccccc3n2N1. The van der Waals surface area contributed by atoms with Gasteiger partial charge in [-0.2, -0.15) is 0 Å². The summed E-state index contributed by atoms with van der Waals surface area (Å²) in [6, 6.07) is 20.0. The Morgan fingerprint density at radius 1 is 1.14 bits per heavy atom. The number of rotatable bonds is 2. The standard InChI is InChI=1S/C18H16N2O2/c1-22-17(21)18(14-8-3-2-4-9-14)12-15-11-13-7-5-6-10-16(13)20(15)19-18/h2-11,19H,12H2,1H3. The molecule has 22 heavy (non-hydrogen) atoms. The number of carbonyl (C=O) groups excluding carboxylic acids is 1. The molecule has 2 aromatic carbocycles. The Balaban J connectivity index is 1.87. The lowest BCUT2D eigenvalue weighted by molar-refractivity contribution is -0.146. The molecular formula is C18H16N2O2. The monoisotopic (exact) mass is 292 g/mol. The molecule has 1 aromatic heterocycles.